The molecule has 0 aliphatic carbocycles. The average molecular weight is 404 g/mol. The molecule has 25 heavy (non-hydrogen) atoms. The number of halogens is 1. The first-order valence-corrected chi connectivity index (χ1v) is 10.7. The minimum absolute atomic E-state index is 1.14. The van der Waals surface area contributed by atoms with E-state index in [4.69, 9.17) is 0 Å². The average Bonchev–Trinajstić information content (AvgIpc) is 2.63. The molecular weight excluding hydrogens is 372 g/mol. The highest BCUT2D eigenvalue weighted by atomic mass is 79.9. The van der Waals surface area contributed by atoms with Gasteiger partial charge in [-0.2, -0.15) is 0 Å². The zero-order valence-electron chi connectivity index (χ0n) is 15.4. The lowest BCUT2D eigenvalue weighted by Gasteiger charge is -2.03. The lowest BCUT2D eigenvalue weighted by molar-refractivity contribution is -0.698. The maximum Gasteiger partial charge on any atom is 0.183 e. The normalized spacial score (nSPS) is 10.9. The third kappa shape index (κ3) is 9.74. The summed E-state index contributed by atoms with van der Waals surface area (Å²) in [5.41, 5.74) is 1.38. The number of nitrogens with zero attached hydrogens (tertiary/aromatic N) is 2. The van der Waals surface area contributed by atoms with Crippen LogP contribution in [-0.4, -0.2) is 4.98 Å². The van der Waals surface area contributed by atoms with Gasteiger partial charge in [0.2, 0.25) is 0 Å². The van der Waals surface area contributed by atoms with E-state index in [1.807, 2.05) is 18.5 Å². The molecule has 0 unspecified atom stereocenters. The van der Waals surface area contributed by atoms with Crippen molar-refractivity contribution >= 4 is 15.9 Å². The van der Waals surface area contributed by atoms with Crippen LogP contribution in [0, 0.1) is 0 Å². The summed E-state index contributed by atoms with van der Waals surface area (Å²) in [4.78, 5) is 4.17. The highest BCUT2D eigenvalue weighted by molar-refractivity contribution is 9.10. The third-order valence-electron chi connectivity index (χ3n) is 4.68. The molecule has 0 aliphatic heterocycles. The molecule has 2 heterocycles. The van der Waals surface area contributed by atoms with Crippen molar-refractivity contribution in [1.82, 2.24) is 4.98 Å². The molecule has 2 aromatic rings. The summed E-state index contributed by atoms with van der Waals surface area (Å²) < 4.78 is 3.44. The standard InChI is InChI=1S/C22H32BrN2/c23-22-15-12-18-25(20-22)17-10-8-6-4-2-1-3-5-7-9-13-21-14-11-16-24-19-21/h11-12,14-16,18-20H,1-10,13,17H2/q+1. The minimum atomic E-state index is 1.14. The Morgan fingerprint density at radius 3 is 2.12 bits per heavy atom. The van der Waals surface area contributed by atoms with Gasteiger partial charge >= 0.3 is 0 Å². The molecule has 0 aliphatic rings. The van der Waals surface area contributed by atoms with Gasteiger partial charge in [0.05, 0.1) is 4.47 Å². The van der Waals surface area contributed by atoms with Crippen molar-refractivity contribution in [2.45, 2.75) is 77.2 Å². The van der Waals surface area contributed by atoms with Crippen LogP contribution in [0.5, 0.6) is 0 Å². The van der Waals surface area contributed by atoms with Gasteiger partial charge in [-0.15, -0.1) is 0 Å². The molecule has 0 aromatic carbocycles. The Bertz CT molecular complexity index is 571. The van der Waals surface area contributed by atoms with Crippen LogP contribution in [0.25, 0.3) is 0 Å². The van der Waals surface area contributed by atoms with E-state index in [1.165, 1.54) is 76.2 Å². The number of rotatable bonds is 13. The van der Waals surface area contributed by atoms with Crippen LogP contribution < -0.4 is 4.57 Å². The number of hydrogen-bond acceptors (Lipinski definition) is 1. The number of aromatic nitrogens is 2. The van der Waals surface area contributed by atoms with Gasteiger partial charge in [-0.3, -0.25) is 4.98 Å². The van der Waals surface area contributed by atoms with Crippen molar-refractivity contribution in [3.05, 3.63) is 59.1 Å². The van der Waals surface area contributed by atoms with Gasteiger partial charge in [0.1, 0.15) is 6.54 Å². The highest BCUT2D eigenvalue weighted by Gasteiger charge is 2.00. The maximum absolute atomic E-state index is 4.17. The molecule has 136 valence electrons. The fourth-order valence-electron chi connectivity index (χ4n) is 3.21. The smallest absolute Gasteiger partial charge is 0.183 e. The summed E-state index contributed by atoms with van der Waals surface area (Å²) in [6.45, 7) is 1.14. The van der Waals surface area contributed by atoms with Crippen LogP contribution in [0.4, 0.5) is 0 Å². The van der Waals surface area contributed by atoms with E-state index in [1.54, 1.807) is 0 Å². The second-order valence-corrected chi connectivity index (χ2v) is 7.82. The number of aryl methyl sites for hydroxylation is 2. The largest absolute Gasteiger partial charge is 0.264 e. The monoisotopic (exact) mass is 403 g/mol. The molecule has 2 rings (SSSR count). The van der Waals surface area contributed by atoms with Gasteiger partial charge < -0.3 is 0 Å². The Labute approximate surface area is 161 Å². The third-order valence-corrected chi connectivity index (χ3v) is 5.15. The summed E-state index contributed by atoms with van der Waals surface area (Å²) in [5, 5.41) is 0. The van der Waals surface area contributed by atoms with Crippen LogP contribution in [0.2, 0.25) is 0 Å². The molecule has 0 radical (unpaired) electrons. The van der Waals surface area contributed by atoms with Crippen LogP contribution in [0.1, 0.15) is 69.8 Å². The first-order valence-electron chi connectivity index (χ1n) is 9.88. The molecule has 0 bridgehead atoms. The van der Waals surface area contributed by atoms with Gasteiger partial charge in [0, 0.05) is 24.9 Å². The van der Waals surface area contributed by atoms with Gasteiger partial charge in [-0.05, 0) is 52.9 Å². The zero-order valence-corrected chi connectivity index (χ0v) is 17.0. The van der Waals surface area contributed by atoms with Crippen LogP contribution in [-0.2, 0) is 13.0 Å². The Balaban J connectivity index is 1.34. The van der Waals surface area contributed by atoms with Crippen molar-refractivity contribution < 1.29 is 4.57 Å². The van der Waals surface area contributed by atoms with E-state index in [9.17, 15) is 0 Å². The predicted molar refractivity (Wildman–Crippen MR) is 108 cm³/mol. The fraction of sp³-hybridized carbons (Fsp3) is 0.545. The van der Waals surface area contributed by atoms with Crippen LogP contribution >= 0.6 is 15.9 Å². The van der Waals surface area contributed by atoms with Crippen molar-refractivity contribution in [3.8, 4) is 0 Å². The fourth-order valence-corrected chi connectivity index (χ4v) is 3.63. The first kappa shape index (κ1) is 20.1. The lowest BCUT2D eigenvalue weighted by Crippen LogP contribution is -2.32. The zero-order chi connectivity index (χ0) is 17.6. The number of pyridine rings is 2. The van der Waals surface area contributed by atoms with Crippen molar-refractivity contribution in [2.75, 3.05) is 0 Å². The van der Waals surface area contributed by atoms with Gasteiger partial charge in [0.25, 0.3) is 0 Å². The first-order chi connectivity index (χ1) is 12.3. The van der Waals surface area contributed by atoms with Gasteiger partial charge in [-0.25, -0.2) is 4.57 Å². The van der Waals surface area contributed by atoms with Crippen molar-refractivity contribution in [3.63, 3.8) is 0 Å². The molecule has 3 heteroatoms. The predicted octanol–water partition coefficient (Wildman–Crippen LogP) is 6.28. The Kier molecular flexibility index (Phi) is 10.5. The van der Waals surface area contributed by atoms with Crippen molar-refractivity contribution in [1.29, 1.82) is 0 Å². The molecule has 0 N–H and O–H groups in total. The molecule has 0 atom stereocenters. The molecule has 2 nitrogen and oxygen atoms in total. The topological polar surface area (TPSA) is 16.8 Å². The SMILES string of the molecule is Brc1ccc[n+](CCCCCCCCCCCCc2cccnc2)c1. The van der Waals surface area contributed by atoms with E-state index < -0.39 is 0 Å². The van der Waals surface area contributed by atoms with Crippen LogP contribution in [0.15, 0.2) is 53.5 Å². The Morgan fingerprint density at radius 2 is 1.48 bits per heavy atom. The van der Waals surface area contributed by atoms with E-state index in [0.29, 0.717) is 0 Å². The van der Waals surface area contributed by atoms with Crippen LogP contribution in [0.3, 0.4) is 0 Å². The summed E-state index contributed by atoms with van der Waals surface area (Å²) in [6.07, 6.45) is 23.0. The molecule has 0 spiro atoms. The van der Waals surface area contributed by atoms with E-state index >= 15 is 0 Å². The Morgan fingerprint density at radius 1 is 0.800 bits per heavy atom. The Hall–Kier alpha value is -1.22. The van der Waals surface area contributed by atoms with Crippen molar-refractivity contribution in [2.24, 2.45) is 0 Å². The quantitative estimate of drug-likeness (QED) is 0.284. The summed E-state index contributed by atoms with van der Waals surface area (Å²) >= 11 is 3.52. The summed E-state index contributed by atoms with van der Waals surface area (Å²) in [6, 6.07) is 8.39. The summed E-state index contributed by atoms with van der Waals surface area (Å²) in [7, 11) is 0. The lowest BCUT2D eigenvalue weighted by atomic mass is 10.0. The summed E-state index contributed by atoms with van der Waals surface area (Å²) in [5.74, 6) is 0. The van der Waals surface area contributed by atoms with E-state index in [2.05, 4.69) is 56.1 Å². The number of hydrogen-bond donors (Lipinski definition) is 0. The molecule has 2 aromatic heterocycles. The van der Waals surface area contributed by atoms with Gasteiger partial charge in [0.15, 0.2) is 12.4 Å². The number of unbranched alkanes of at least 4 members (excludes halogenated alkanes) is 9. The molecule has 0 fully saturated rings. The van der Waals surface area contributed by atoms with E-state index in [0.717, 1.165) is 11.0 Å². The minimum Gasteiger partial charge on any atom is -0.264 e. The van der Waals surface area contributed by atoms with Gasteiger partial charge in [-0.1, -0.05) is 51.0 Å². The molecule has 0 amide bonds. The maximum atomic E-state index is 4.17. The highest BCUT2D eigenvalue weighted by Crippen LogP contribution is 2.12. The second kappa shape index (κ2) is 13.0. The molecule has 0 saturated heterocycles. The molecule has 0 saturated carbocycles. The molecular formula is C22H32BrN2+. The second-order valence-electron chi connectivity index (χ2n) is 6.91. The van der Waals surface area contributed by atoms with E-state index in [-0.39, 0.29) is 0 Å².